The number of carbonyl (C=O) groups is 1. The topological polar surface area (TPSA) is 57.3 Å². The van der Waals surface area contributed by atoms with E-state index in [2.05, 4.69) is 22.5 Å². The monoisotopic (exact) mass is 242 g/mol. The van der Waals surface area contributed by atoms with Gasteiger partial charge in [-0.3, -0.25) is 4.98 Å². The zero-order valence-electron chi connectivity index (χ0n) is 9.86. The number of hydrogen-bond acceptors (Lipinski definition) is 4. The van der Waals surface area contributed by atoms with Gasteiger partial charge in [0, 0.05) is 44.3 Å². The Morgan fingerprint density at radius 2 is 2.31 bits per heavy atom. The van der Waals surface area contributed by atoms with Crippen molar-refractivity contribution in [3.8, 4) is 0 Å². The average molecular weight is 242 g/mol. The highest BCUT2D eigenvalue weighted by Crippen LogP contribution is 2.15. The lowest BCUT2D eigenvalue weighted by molar-refractivity contribution is 0.217. The summed E-state index contributed by atoms with van der Waals surface area (Å²) in [5, 5.41) is 6.11. The van der Waals surface area contributed by atoms with Gasteiger partial charge in [0.15, 0.2) is 0 Å². The second-order valence-electron chi connectivity index (χ2n) is 3.71. The van der Waals surface area contributed by atoms with E-state index in [0.717, 1.165) is 6.54 Å². The van der Waals surface area contributed by atoms with Crippen LogP contribution in [-0.4, -0.2) is 43.1 Å². The molecule has 1 atom stereocenters. The molecule has 1 aromatic heterocycles. The quantitative estimate of drug-likeness (QED) is 0.759. The molecule has 1 rings (SSSR count). The normalized spacial score (nSPS) is 12.2. The highest BCUT2D eigenvalue weighted by Gasteiger charge is 2.06. The molecule has 0 aliphatic heterocycles. The summed E-state index contributed by atoms with van der Waals surface area (Å²) in [5.41, 5.74) is 1.82. The Kier molecular flexibility index (Phi) is 5.21. The molecule has 0 bridgehead atoms. The first kappa shape index (κ1) is 12.9. The number of carbonyl (C=O) groups excluding carboxylic acids is 1. The van der Waals surface area contributed by atoms with Crippen molar-refractivity contribution in [2.75, 3.05) is 27.2 Å². The Labute approximate surface area is 99.9 Å². The highest BCUT2D eigenvalue weighted by atomic mass is 32.1. The number of aromatic nitrogens is 1. The van der Waals surface area contributed by atoms with Gasteiger partial charge < -0.3 is 15.5 Å². The molecule has 0 radical (unpaired) electrons. The van der Waals surface area contributed by atoms with Crippen molar-refractivity contribution in [1.29, 1.82) is 0 Å². The molecule has 1 aromatic rings. The van der Waals surface area contributed by atoms with Gasteiger partial charge in [0.05, 0.1) is 5.51 Å². The maximum Gasteiger partial charge on any atom is 0.316 e. The summed E-state index contributed by atoms with van der Waals surface area (Å²) in [6.07, 6.45) is 1.86. The molecule has 0 fully saturated rings. The van der Waals surface area contributed by atoms with E-state index >= 15 is 0 Å². The van der Waals surface area contributed by atoms with Crippen molar-refractivity contribution >= 4 is 17.4 Å². The second kappa shape index (κ2) is 6.44. The van der Waals surface area contributed by atoms with Gasteiger partial charge in [-0.2, -0.15) is 0 Å². The van der Waals surface area contributed by atoms with Crippen molar-refractivity contribution in [3.05, 3.63) is 16.6 Å². The fraction of sp³-hybridized carbons (Fsp3) is 0.600. The fourth-order valence-electron chi connectivity index (χ4n) is 1.16. The summed E-state index contributed by atoms with van der Waals surface area (Å²) >= 11 is 1.63. The number of nitrogens with zero attached hydrogens (tertiary/aromatic N) is 2. The lowest BCUT2D eigenvalue weighted by Gasteiger charge is -2.14. The Morgan fingerprint density at radius 1 is 1.56 bits per heavy atom. The minimum atomic E-state index is -0.0627. The third-order valence-electron chi connectivity index (χ3n) is 2.14. The smallest absolute Gasteiger partial charge is 0.316 e. The molecule has 1 heterocycles. The van der Waals surface area contributed by atoms with Crippen molar-refractivity contribution < 1.29 is 4.79 Å². The van der Waals surface area contributed by atoms with Crippen LogP contribution in [0.1, 0.15) is 17.8 Å². The van der Waals surface area contributed by atoms with Crippen molar-refractivity contribution in [2.45, 2.75) is 13.0 Å². The summed E-state index contributed by atoms with van der Waals surface area (Å²) in [6.45, 7) is 3.46. The lowest BCUT2D eigenvalue weighted by atomic mass is 10.3. The third-order valence-corrected chi connectivity index (χ3v) is 3.09. The number of amides is 2. The molecule has 0 aliphatic rings. The molecule has 90 valence electrons. The molecule has 0 aromatic carbocycles. The molecule has 0 spiro atoms. The summed E-state index contributed by atoms with van der Waals surface area (Å²) in [5.74, 6) is 0. The minimum Gasteiger partial charge on any atom is -0.337 e. The molecule has 1 unspecified atom stereocenters. The molecule has 5 nitrogen and oxygen atoms in total. The predicted octanol–water partition coefficient (Wildman–Crippen LogP) is 1.06. The van der Waals surface area contributed by atoms with Crippen LogP contribution in [0.2, 0.25) is 0 Å². The Morgan fingerprint density at radius 3 is 2.88 bits per heavy atom. The Bertz CT molecular complexity index is 313. The summed E-state index contributed by atoms with van der Waals surface area (Å²) in [7, 11) is 3.45. The van der Waals surface area contributed by atoms with E-state index in [1.54, 1.807) is 25.4 Å². The second-order valence-corrected chi connectivity index (χ2v) is 4.62. The molecule has 0 saturated heterocycles. The van der Waals surface area contributed by atoms with Gasteiger partial charge in [-0.15, -0.1) is 11.3 Å². The standard InChI is InChI=1S/C10H18N4OS/c1-8(9-6-11-7-16-9)12-4-5-13-10(15)14(2)3/h6-8,12H,4-5H2,1-3H3,(H,13,15). The van der Waals surface area contributed by atoms with Crippen LogP contribution in [0.3, 0.4) is 0 Å². The molecule has 0 saturated carbocycles. The van der Waals surface area contributed by atoms with Crippen molar-refractivity contribution in [2.24, 2.45) is 0 Å². The molecule has 6 heteroatoms. The maximum atomic E-state index is 11.2. The van der Waals surface area contributed by atoms with Gasteiger partial charge >= 0.3 is 6.03 Å². The summed E-state index contributed by atoms with van der Waals surface area (Å²) in [4.78, 5) is 17.9. The zero-order valence-corrected chi connectivity index (χ0v) is 10.7. The Balaban J connectivity index is 2.14. The lowest BCUT2D eigenvalue weighted by Crippen LogP contribution is -2.38. The Hall–Kier alpha value is -1.14. The number of rotatable bonds is 5. The number of thiazole rings is 1. The van der Waals surface area contributed by atoms with E-state index in [9.17, 15) is 4.79 Å². The van der Waals surface area contributed by atoms with E-state index in [4.69, 9.17) is 0 Å². The molecule has 2 N–H and O–H groups in total. The van der Waals surface area contributed by atoms with E-state index in [1.807, 2.05) is 11.7 Å². The van der Waals surface area contributed by atoms with Crippen LogP contribution in [0, 0.1) is 0 Å². The average Bonchev–Trinajstić information content (AvgIpc) is 2.76. The number of urea groups is 1. The van der Waals surface area contributed by atoms with Gasteiger partial charge in [0.2, 0.25) is 0 Å². The van der Waals surface area contributed by atoms with Crippen LogP contribution in [0.5, 0.6) is 0 Å². The van der Waals surface area contributed by atoms with Crippen LogP contribution in [0.15, 0.2) is 11.7 Å². The number of nitrogens with one attached hydrogen (secondary N) is 2. The van der Waals surface area contributed by atoms with E-state index < -0.39 is 0 Å². The van der Waals surface area contributed by atoms with Crippen LogP contribution in [-0.2, 0) is 0 Å². The van der Waals surface area contributed by atoms with E-state index in [-0.39, 0.29) is 12.1 Å². The largest absolute Gasteiger partial charge is 0.337 e. The first-order chi connectivity index (χ1) is 7.61. The predicted molar refractivity (Wildman–Crippen MR) is 65.6 cm³/mol. The maximum absolute atomic E-state index is 11.2. The van der Waals surface area contributed by atoms with Gasteiger partial charge in [-0.25, -0.2) is 4.79 Å². The zero-order chi connectivity index (χ0) is 12.0. The van der Waals surface area contributed by atoms with Crippen LogP contribution in [0.25, 0.3) is 0 Å². The molecule has 2 amide bonds. The van der Waals surface area contributed by atoms with Gasteiger partial charge in [0.25, 0.3) is 0 Å². The minimum absolute atomic E-state index is 0.0627. The van der Waals surface area contributed by atoms with Gasteiger partial charge in [0.1, 0.15) is 0 Å². The fourth-order valence-corrected chi connectivity index (χ4v) is 1.81. The first-order valence-corrected chi connectivity index (χ1v) is 6.06. The van der Waals surface area contributed by atoms with Crippen molar-refractivity contribution in [1.82, 2.24) is 20.5 Å². The van der Waals surface area contributed by atoms with Crippen molar-refractivity contribution in [3.63, 3.8) is 0 Å². The van der Waals surface area contributed by atoms with Crippen LogP contribution < -0.4 is 10.6 Å². The van der Waals surface area contributed by atoms with Gasteiger partial charge in [-0.1, -0.05) is 0 Å². The van der Waals surface area contributed by atoms with Gasteiger partial charge in [-0.05, 0) is 6.92 Å². The highest BCUT2D eigenvalue weighted by molar-refractivity contribution is 7.09. The first-order valence-electron chi connectivity index (χ1n) is 5.18. The molecule has 0 aliphatic carbocycles. The number of hydrogen-bond donors (Lipinski definition) is 2. The van der Waals surface area contributed by atoms with E-state index in [1.165, 1.54) is 9.78 Å². The molecular weight excluding hydrogens is 224 g/mol. The molecular formula is C10H18N4OS. The van der Waals surface area contributed by atoms with E-state index in [0.29, 0.717) is 6.54 Å². The summed E-state index contributed by atoms with van der Waals surface area (Å²) < 4.78 is 0. The third kappa shape index (κ3) is 4.16. The molecule has 16 heavy (non-hydrogen) atoms. The SMILES string of the molecule is CC(NCCNC(=O)N(C)C)c1cncs1. The van der Waals surface area contributed by atoms with Crippen LogP contribution >= 0.6 is 11.3 Å². The van der Waals surface area contributed by atoms with Crippen LogP contribution in [0.4, 0.5) is 4.79 Å². The summed E-state index contributed by atoms with van der Waals surface area (Å²) in [6, 6.07) is 0.219.